The average molecular weight is 252 g/mol. The fraction of sp³-hybridized carbons (Fsp3) is 0.462. The number of amides is 1. The highest BCUT2D eigenvalue weighted by atomic mass is 16.7. The summed E-state index contributed by atoms with van der Waals surface area (Å²) < 4.78 is 9.95. The zero-order chi connectivity index (χ0) is 13.4. The molecule has 0 aliphatic rings. The Balaban J connectivity index is 2.31. The van der Waals surface area contributed by atoms with Crippen molar-refractivity contribution in [3.8, 4) is 0 Å². The lowest BCUT2D eigenvalue weighted by molar-refractivity contribution is -0.127. The molecule has 0 aliphatic carbocycles. The maximum atomic E-state index is 11.6. The number of nitrogen functional groups attached to an aromatic ring is 1. The van der Waals surface area contributed by atoms with E-state index >= 15 is 0 Å². The molecule has 0 saturated carbocycles. The van der Waals surface area contributed by atoms with Crippen molar-refractivity contribution in [3.63, 3.8) is 0 Å². The van der Waals surface area contributed by atoms with Gasteiger partial charge in [0.25, 0.3) is 0 Å². The summed E-state index contributed by atoms with van der Waals surface area (Å²) in [6, 6.07) is 7.55. The summed E-state index contributed by atoms with van der Waals surface area (Å²) in [5, 5.41) is 2.74. The van der Waals surface area contributed by atoms with E-state index in [4.69, 9.17) is 15.2 Å². The summed E-state index contributed by atoms with van der Waals surface area (Å²) in [5.74, 6) is -0.0441. The van der Waals surface area contributed by atoms with Crippen molar-refractivity contribution in [2.45, 2.75) is 19.1 Å². The second-order valence-electron chi connectivity index (χ2n) is 3.90. The van der Waals surface area contributed by atoms with Crippen molar-refractivity contribution in [2.24, 2.45) is 0 Å². The van der Waals surface area contributed by atoms with Gasteiger partial charge < -0.3 is 20.5 Å². The molecule has 0 spiro atoms. The Morgan fingerprint density at radius 2 is 2.00 bits per heavy atom. The Bertz CT molecular complexity index is 378. The van der Waals surface area contributed by atoms with Gasteiger partial charge in [-0.2, -0.15) is 0 Å². The third-order valence-corrected chi connectivity index (χ3v) is 2.67. The number of benzene rings is 1. The van der Waals surface area contributed by atoms with Crippen LogP contribution in [-0.4, -0.2) is 33.0 Å². The van der Waals surface area contributed by atoms with Crippen LogP contribution >= 0.6 is 0 Å². The minimum absolute atomic E-state index is 0.0441. The van der Waals surface area contributed by atoms with E-state index in [0.29, 0.717) is 19.4 Å². The van der Waals surface area contributed by atoms with Crippen molar-refractivity contribution in [2.75, 3.05) is 26.5 Å². The van der Waals surface area contributed by atoms with E-state index in [1.165, 1.54) is 14.2 Å². The number of anilines is 1. The van der Waals surface area contributed by atoms with E-state index in [1.54, 1.807) is 0 Å². The van der Waals surface area contributed by atoms with E-state index in [0.717, 1.165) is 11.3 Å². The molecule has 0 radical (unpaired) electrons. The van der Waals surface area contributed by atoms with E-state index in [9.17, 15) is 4.79 Å². The summed E-state index contributed by atoms with van der Waals surface area (Å²) >= 11 is 0. The number of hydrogen-bond donors (Lipinski definition) is 2. The summed E-state index contributed by atoms with van der Waals surface area (Å²) in [5.41, 5.74) is 7.51. The van der Waals surface area contributed by atoms with Gasteiger partial charge in [-0.3, -0.25) is 4.79 Å². The van der Waals surface area contributed by atoms with E-state index in [2.05, 4.69) is 5.32 Å². The molecule has 100 valence electrons. The number of nitrogens with one attached hydrogen (secondary N) is 1. The highest BCUT2D eigenvalue weighted by Gasteiger charge is 2.08. The molecular weight excluding hydrogens is 232 g/mol. The molecule has 0 saturated heterocycles. The van der Waals surface area contributed by atoms with Crippen LogP contribution in [-0.2, 0) is 20.7 Å². The largest absolute Gasteiger partial charge is 0.399 e. The molecule has 0 atom stereocenters. The number of rotatable bonds is 7. The predicted octanol–water partition coefficient (Wildman–Crippen LogP) is 0.936. The molecule has 1 rings (SSSR count). The first-order valence-electron chi connectivity index (χ1n) is 5.83. The molecule has 5 heteroatoms. The van der Waals surface area contributed by atoms with Crippen LogP contribution in [0, 0.1) is 0 Å². The summed E-state index contributed by atoms with van der Waals surface area (Å²) in [6.45, 7) is 0.343. The molecule has 1 amide bonds. The van der Waals surface area contributed by atoms with Crippen LogP contribution in [0.25, 0.3) is 0 Å². The number of nitrogens with two attached hydrogens (primary N) is 1. The van der Waals surface area contributed by atoms with Gasteiger partial charge in [-0.05, 0) is 18.1 Å². The number of ether oxygens (including phenoxy) is 2. The zero-order valence-electron chi connectivity index (χ0n) is 10.8. The molecule has 18 heavy (non-hydrogen) atoms. The highest BCUT2D eigenvalue weighted by Crippen LogP contribution is 2.12. The Morgan fingerprint density at radius 1 is 1.33 bits per heavy atom. The molecular formula is C13H20N2O3. The predicted molar refractivity (Wildman–Crippen MR) is 70.0 cm³/mol. The van der Waals surface area contributed by atoms with Crippen LogP contribution in [0.15, 0.2) is 24.3 Å². The fourth-order valence-corrected chi connectivity index (χ4v) is 1.56. The molecule has 3 N–H and O–H groups in total. The van der Waals surface area contributed by atoms with Crippen LogP contribution < -0.4 is 11.1 Å². The van der Waals surface area contributed by atoms with Crippen LogP contribution in [0.1, 0.15) is 12.0 Å². The molecule has 0 heterocycles. The molecule has 0 unspecified atom stereocenters. The van der Waals surface area contributed by atoms with Crippen molar-refractivity contribution >= 4 is 11.6 Å². The lowest BCUT2D eigenvalue weighted by Gasteiger charge is -2.14. The Hall–Kier alpha value is -1.59. The Kier molecular flexibility index (Phi) is 6.18. The SMILES string of the molecule is COC(CNC(=O)CCc1ccccc1N)OC. The van der Waals surface area contributed by atoms with Crippen LogP contribution in [0.5, 0.6) is 0 Å². The van der Waals surface area contributed by atoms with Crippen molar-refractivity contribution in [1.82, 2.24) is 5.32 Å². The third-order valence-electron chi connectivity index (χ3n) is 2.67. The topological polar surface area (TPSA) is 73.6 Å². The minimum Gasteiger partial charge on any atom is -0.399 e. The van der Waals surface area contributed by atoms with Crippen molar-refractivity contribution < 1.29 is 14.3 Å². The highest BCUT2D eigenvalue weighted by molar-refractivity contribution is 5.76. The summed E-state index contributed by atoms with van der Waals surface area (Å²) in [6.07, 6.45) is 0.619. The Labute approximate surface area is 107 Å². The maximum absolute atomic E-state index is 11.6. The van der Waals surface area contributed by atoms with Gasteiger partial charge in [0.2, 0.25) is 5.91 Å². The molecule has 0 fully saturated rings. The number of carbonyl (C=O) groups excluding carboxylic acids is 1. The standard InChI is InChI=1S/C13H20N2O3/c1-17-13(18-2)9-15-12(16)8-7-10-5-3-4-6-11(10)14/h3-6,13H,7-9,14H2,1-2H3,(H,15,16). The first-order valence-corrected chi connectivity index (χ1v) is 5.83. The second kappa shape index (κ2) is 7.68. The van der Waals surface area contributed by atoms with E-state index < -0.39 is 6.29 Å². The smallest absolute Gasteiger partial charge is 0.220 e. The second-order valence-corrected chi connectivity index (χ2v) is 3.90. The fourth-order valence-electron chi connectivity index (χ4n) is 1.56. The molecule has 0 aliphatic heterocycles. The summed E-state index contributed by atoms with van der Waals surface area (Å²) in [7, 11) is 3.07. The lowest BCUT2D eigenvalue weighted by Crippen LogP contribution is -2.34. The van der Waals surface area contributed by atoms with Gasteiger partial charge in [-0.25, -0.2) is 0 Å². The first-order chi connectivity index (χ1) is 8.67. The molecule has 5 nitrogen and oxygen atoms in total. The van der Waals surface area contributed by atoms with Gasteiger partial charge in [0.05, 0.1) is 6.54 Å². The minimum atomic E-state index is -0.407. The van der Waals surface area contributed by atoms with Crippen molar-refractivity contribution in [1.29, 1.82) is 0 Å². The molecule has 0 bridgehead atoms. The number of methoxy groups -OCH3 is 2. The first kappa shape index (κ1) is 14.5. The molecule has 1 aromatic rings. The van der Waals surface area contributed by atoms with Gasteiger partial charge in [-0.15, -0.1) is 0 Å². The normalized spacial score (nSPS) is 10.6. The van der Waals surface area contributed by atoms with Gasteiger partial charge in [0.1, 0.15) is 0 Å². The number of carbonyl (C=O) groups is 1. The summed E-state index contributed by atoms with van der Waals surface area (Å²) in [4.78, 5) is 11.6. The maximum Gasteiger partial charge on any atom is 0.220 e. The van der Waals surface area contributed by atoms with Crippen LogP contribution in [0.2, 0.25) is 0 Å². The van der Waals surface area contributed by atoms with Gasteiger partial charge in [0.15, 0.2) is 6.29 Å². The number of hydrogen-bond acceptors (Lipinski definition) is 4. The van der Waals surface area contributed by atoms with Crippen molar-refractivity contribution in [3.05, 3.63) is 29.8 Å². The quantitative estimate of drug-likeness (QED) is 0.559. The molecule has 0 aromatic heterocycles. The van der Waals surface area contributed by atoms with E-state index in [-0.39, 0.29) is 5.91 Å². The van der Waals surface area contributed by atoms with Crippen LogP contribution in [0.4, 0.5) is 5.69 Å². The third kappa shape index (κ3) is 4.73. The average Bonchev–Trinajstić information content (AvgIpc) is 2.39. The lowest BCUT2D eigenvalue weighted by atomic mass is 10.1. The van der Waals surface area contributed by atoms with Gasteiger partial charge >= 0.3 is 0 Å². The van der Waals surface area contributed by atoms with Crippen LogP contribution in [0.3, 0.4) is 0 Å². The Morgan fingerprint density at radius 3 is 2.61 bits per heavy atom. The monoisotopic (exact) mass is 252 g/mol. The number of aryl methyl sites for hydroxylation is 1. The van der Waals surface area contributed by atoms with Gasteiger partial charge in [0, 0.05) is 26.3 Å². The zero-order valence-corrected chi connectivity index (χ0v) is 10.8. The molecule has 1 aromatic carbocycles. The number of para-hydroxylation sites is 1. The van der Waals surface area contributed by atoms with E-state index in [1.807, 2.05) is 24.3 Å². The van der Waals surface area contributed by atoms with Gasteiger partial charge in [-0.1, -0.05) is 18.2 Å².